The maximum absolute atomic E-state index is 5.02. The Morgan fingerprint density at radius 1 is 1.32 bits per heavy atom. The second-order valence-corrected chi connectivity index (χ2v) is 6.47. The second kappa shape index (κ2) is 8.50. The third-order valence-corrected chi connectivity index (χ3v) is 3.50. The largest absolute Gasteiger partial charge is 0.385 e. The highest BCUT2D eigenvalue weighted by Crippen LogP contribution is 2.15. The van der Waals surface area contributed by atoms with Gasteiger partial charge in [-0.2, -0.15) is 0 Å². The van der Waals surface area contributed by atoms with E-state index in [-0.39, 0.29) is 5.54 Å². The molecule has 0 unspecified atom stereocenters. The van der Waals surface area contributed by atoms with Crippen LogP contribution in [0.3, 0.4) is 0 Å². The number of ether oxygens (including phenoxy) is 1. The Morgan fingerprint density at radius 2 is 2.11 bits per heavy atom. The fourth-order valence-electron chi connectivity index (χ4n) is 1.49. The molecule has 0 fully saturated rings. The molecule has 0 spiro atoms. The Labute approximate surface area is 119 Å². The van der Waals surface area contributed by atoms with Crippen LogP contribution in [0.2, 0.25) is 0 Å². The first-order valence-corrected chi connectivity index (χ1v) is 7.64. The number of nitrogens with zero attached hydrogens (tertiary/aromatic N) is 4. The SMILES string of the molecule is COCCCCSc1nnnn1CCNC(C)(C)C. The lowest BCUT2D eigenvalue weighted by atomic mass is 10.1. The molecule has 7 heteroatoms. The molecule has 0 aliphatic carbocycles. The molecule has 0 saturated heterocycles. The number of hydrogen-bond acceptors (Lipinski definition) is 6. The molecule has 1 rings (SSSR count). The second-order valence-electron chi connectivity index (χ2n) is 5.41. The molecule has 0 aliphatic rings. The molecule has 1 aromatic rings. The molecule has 0 amide bonds. The molecule has 0 bridgehead atoms. The number of hydrogen-bond donors (Lipinski definition) is 1. The number of thioether (sulfide) groups is 1. The lowest BCUT2D eigenvalue weighted by molar-refractivity contribution is 0.194. The van der Waals surface area contributed by atoms with Gasteiger partial charge in [-0.3, -0.25) is 0 Å². The lowest BCUT2D eigenvalue weighted by Crippen LogP contribution is -2.38. The number of rotatable bonds is 9. The van der Waals surface area contributed by atoms with Crippen LogP contribution in [0.15, 0.2) is 5.16 Å². The van der Waals surface area contributed by atoms with E-state index < -0.39 is 0 Å². The minimum absolute atomic E-state index is 0.126. The summed E-state index contributed by atoms with van der Waals surface area (Å²) in [5.74, 6) is 1.02. The Kier molecular flexibility index (Phi) is 7.33. The summed E-state index contributed by atoms with van der Waals surface area (Å²) in [5.41, 5.74) is 0.126. The third kappa shape index (κ3) is 7.49. The van der Waals surface area contributed by atoms with Crippen molar-refractivity contribution in [3.63, 3.8) is 0 Å². The van der Waals surface area contributed by atoms with Gasteiger partial charge in [-0.05, 0) is 44.0 Å². The van der Waals surface area contributed by atoms with E-state index in [1.807, 2.05) is 4.68 Å². The summed E-state index contributed by atoms with van der Waals surface area (Å²) in [5, 5.41) is 16.1. The van der Waals surface area contributed by atoms with Crippen LogP contribution in [0.1, 0.15) is 33.6 Å². The van der Waals surface area contributed by atoms with Crippen molar-refractivity contribution < 1.29 is 4.74 Å². The van der Waals surface area contributed by atoms with Crippen molar-refractivity contribution in [1.82, 2.24) is 25.5 Å². The van der Waals surface area contributed by atoms with Gasteiger partial charge in [0.2, 0.25) is 5.16 Å². The smallest absolute Gasteiger partial charge is 0.209 e. The van der Waals surface area contributed by atoms with Crippen LogP contribution < -0.4 is 5.32 Å². The van der Waals surface area contributed by atoms with Crippen LogP contribution in [0.25, 0.3) is 0 Å². The zero-order valence-electron chi connectivity index (χ0n) is 12.3. The van der Waals surface area contributed by atoms with Crippen LogP contribution in [-0.2, 0) is 11.3 Å². The van der Waals surface area contributed by atoms with Gasteiger partial charge in [-0.15, -0.1) is 5.10 Å². The number of nitrogens with one attached hydrogen (secondary N) is 1. The third-order valence-electron chi connectivity index (χ3n) is 2.45. The molecule has 1 aromatic heterocycles. The summed E-state index contributed by atoms with van der Waals surface area (Å²) in [6, 6.07) is 0. The Morgan fingerprint density at radius 3 is 2.79 bits per heavy atom. The summed E-state index contributed by atoms with van der Waals surface area (Å²) in [7, 11) is 1.73. The number of methoxy groups -OCH3 is 1. The quantitative estimate of drug-likeness (QED) is 0.549. The average Bonchev–Trinajstić information content (AvgIpc) is 2.75. The predicted molar refractivity (Wildman–Crippen MR) is 77.4 cm³/mol. The van der Waals surface area contributed by atoms with Gasteiger partial charge < -0.3 is 10.1 Å². The van der Waals surface area contributed by atoms with Crippen molar-refractivity contribution in [1.29, 1.82) is 0 Å². The van der Waals surface area contributed by atoms with E-state index in [0.29, 0.717) is 0 Å². The van der Waals surface area contributed by atoms with Gasteiger partial charge in [-0.25, -0.2) is 4.68 Å². The van der Waals surface area contributed by atoms with E-state index in [1.165, 1.54) is 0 Å². The maximum Gasteiger partial charge on any atom is 0.209 e. The highest BCUT2D eigenvalue weighted by molar-refractivity contribution is 7.99. The van der Waals surface area contributed by atoms with Crippen molar-refractivity contribution in [2.45, 2.75) is 50.9 Å². The van der Waals surface area contributed by atoms with Gasteiger partial charge in [0.15, 0.2) is 0 Å². The molecule has 1 N–H and O–H groups in total. The van der Waals surface area contributed by atoms with Gasteiger partial charge in [-0.1, -0.05) is 11.8 Å². The highest BCUT2D eigenvalue weighted by Gasteiger charge is 2.10. The van der Waals surface area contributed by atoms with E-state index >= 15 is 0 Å². The normalized spacial score (nSPS) is 12.0. The molecule has 0 aliphatic heterocycles. The molecular formula is C12H25N5OS. The number of unbranched alkanes of at least 4 members (excludes halogenated alkanes) is 1. The predicted octanol–water partition coefficient (Wildman–Crippen LogP) is 1.58. The molecule has 0 aromatic carbocycles. The Balaban J connectivity index is 2.26. The number of tetrazole rings is 1. The summed E-state index contributed by atoms with van der Waals surface area (Å²) in [6.45, 7) is 8.94. The summed E-state index contributed by atoms with van der Waals surface area (Å²) in [6.07, 6.45) is 2.20. The molecule has 0 radical (unpaired) electrons. The summed E-state index contributed by atoms with van der Waals surface area (Å²) in [4.78, 5) is 0. The molecule has 19 heavy (non-hydrogen) atoms. The van der Waals surface area contributed by atoms with Crippen LogP contribution >= 0.6 is 11.8 Å². The molecule has 0 saturated carbocycles. The fourth-order valence-corrected chi connectivity index (χ4v) is 2.39. The van der Waals surface area contributed by atoms with Crippen LogP contribution in [0, 0.1) is 0 Å². The summed E-state index contributed by atoms with van der Waals surface area (Å²) >= 11 is 1.71. The highest BCUT2D eigenvalue weighted by atomic mass is 32.2. The molecule has 1 heterocycles. The number of aromatic nitrogens is 4. The first-order valence-electron chi connectivity index (χ1n) is 6.66. The lowest BCUT2D eigenvalue weighted by Gasteiger charge is -2.20. The van der Waals surface area contributed by atoms with Gasteiger partial charge in [0.05, 0.1) is 6.54 Å². The van der Waals surface area contributed by atoms with Crippen LogP contribution in [0.4, 0.5) is 0 Å². The first-order chi connectivity index (χ1) is 9.03. The van der Waals surface area contributed by atoms with Gasteiger partial charge >= 0.3 is 0 Å². The van der Waals surface area contributed by atoms with Crippen molar-refractivity contribution in [2.24, 2.45) is 0 Å². The maximum atomic E-state index is 5.02. The van der Waals surface area contributed by atoms with Crippen LogP contribution in [-0.4, -0.2) is 51.8 Å². The van der Waals surface area contributed by atoms with Crippen molar-refractivity contribution in [3.05, 3.63) is 0 Å². The van der Waals surface area contributed by atoms with Gasteiger partial charge in [0.1, 0.15) is 0 Å². The average molecular weight is 287 g/mol. The van der Waals surface area contributed by atoms with Gasteiger partial charge in [0.25, 0.3) is 0 Å². The Bertz CT molecular complexity index is 350. The molecule has 0 atom stereocenters. The van der Waals surface area contributed by atoms with E-state index in [2.05, 4.69) is 41.6 Å². The first kappa shape index (κ1) is 16.4. The molecular weight excluding hydrogens is 262 g/mol. The van der Waals surface area contributed by atoms with E-state index in [9.17, 15) is 0 Å². The van der Waals surface area contributed by atoms with Gasteiger partial charge in [0, 0.05) is 31.6 Å². The summed E-state index contributed by atoms with van der Waals surface area (Å²) < 4.78 is 6.89. The molecule has 110 valence electrons. The Hall–Kier alpha value is -0.660. The van der Waals surface area contributed by atoms with Crippen molar-refractivity contribution in [3.8, 4) is 0 Å². The zero-order valence-corrected chi connectivity index (χ0v) is 13.2. The van der Waals surface area contributed by atoms with Crippen LogP contribution in [0.5, 0.6) is 0 Å². The molecule has 6 nitrogen and oxygen atoms in total. The standard InChI is InChI=1S/C12H25N5OS/c1-12(2,3)13-7-8-17-11(14-15-16-17)19-10-6-5-9-18-4/h13H,5-10H2,1-4H3. The van der Waals surface area contributed by atoms with E-state index in [4.69, 9.17) is 4.74 Å². The van der Waals surface area contributed by atoms with Crippen molar-refractivity contribution >= 4 is 11.8 Å². The fraction of sp³-hybridized carbons (Fsp3) is 0.917. The monoisotopic (exact) mass is 287 g/mol. The zero-order chi connectivity index (χ0) is 14.1. The van der Waals surface area contributed by atoms with E-state index in [1.54, 1.807) is 18.9 Å². The minimum atomic E-state index is 0.126. The van der Waals surface area contributed by atoms with Crippen molar-refractivity contribution in [2.75, 3.05) is 26.0 Å². The topological polar surface area (TPSA) is 64.9 Å². The minimum Gasteiger partial charge on any atom is -0.385 e. The van der Waals surface area contributed by atoms with E-state index in [0.717, 1.165) is 43.4 Å².